The van der Waals surface area contributed by atoms with Gasteiger partial charge < -0.3 is 18.8 Å². The van der Waals surface area contributed by atoms with E-state index in [1.54, 1.807) is 31.5 Å². The van der Waals surface area contributed by atoms with Crippen molar-refractivity contribution in [3.63, 3.8) is 0 Å². The maximum Gasteiger partial charge on any atom is 0.196 e. The highest BCUT2D eigenvalue weighted by atomic mass is 16.5. The van der Waals surface area contributed by atoms with Crippen molar-refractivity contribution in [2.45, 2.75) is 6.61 Å². The molecule has 0 saturated carbocycles. The molecule has 0 fully saturated rings. The molecule has 0 saturated heterocycles. The van der Waals surface area contributed by atoms with Crippen LogP contribution in [0.2, 0.25) is 0 Å². The van der Waals surface area contributed by atoms with Gasteiger partial charge in [-0.3, -0.25) is 4.79 Å². The number of carbonyl (C=O) groups is 1. The monoisotopic (exact) mass is 376 g/mol. The van der Waals surface area contributed by atoms with Crippen LogP contribution in [0.4, 0.5) is 0 Å². The predicted octanol–water partition coefficient (Wildman–Crippen LogP) is 3.67. The van der Waals surface area contributed by atoms with Crippen molar-refractivity contribution < 1.29 is 19.0 Å². The van der Waals surface area contributed by atoms with E-state index in [0.717, 1.165) is 17.1 Å². The Hall–Kier alpha value is -3.54. The summed E-state index contributed by atoms with van der Waals surface area (Å²) in [6, 6.07) is 12.8. The van der Waals surface area contributed by atoms with Crippen LogP contribution < -0.4 is 14.2 Å². The Bertz CT molecular complexity index is 1030. The van der Waals surface area contributed by atoms with E-state index in [0.29, 0.717) is 29.2 Å². The molecule has 0 unspecified atom stereocenters. The molecule has 0 atom stereocenters. The molecule has 142 valence electrons. The van der Waals surface area contributed by atoms with Gasteiger partial charge in [0.2, 0.25) is 0 Å². The fourth-order valence-corrected chi connectivity index (χ4v) is 2.99. The van der Waals surface area contributed by atoms with Crippen LogP contribution in [0.15, 0.2) is 60.4 Å². The molecule has 6 heteroatoms. The lowest BCUT2D eigenvalue weighted by Crippen LogP contribution is -2.19. The van der Waals surface area contributed by atoms with E-state index in [1.807, 2.05) is 48.2 Å². The van der Waals surface area contributed by atoms with Crippen LogP contribution in [-0.2, 0) is 13.7 Å². The fourth-order valence-electron chi connectivity index (χ4n) is 2.99. The van der Waals surface area contributed by atoms with Gasteiger partial charge in [0.1, 0.15) is 36.3 Å². The lowest BCUT2D eigenvalue weighted by Gasteiger charge is -2.19. The van der Waals surface area contributed by atoms with E-state index in [4.69, 9.17) is 14.2 Å². The van der Waals surface area contributed by atoms with Crippen LogP contribution >= 0.6 is 0 Å². The summed E-state index contributed by atoms with van der Waals surface area (Å²) in [4.78, 5) is 17.0. The molecule has 0 aliphatic carbocycles. The second-order valence-electron chi connectivity index (χ2n) is 6.46. The second kappa shape index (κ2) is 7.60. The first-order valence-electron chi connectivity index (χ1n) is 8.89. The molecule has 0 N–H and O–H groups in total. The van der Waals surface area contributed by atoms with E-state index < -0.39 is 0 Å². The van der Waals surface area contributed by atoms with Gasteiger partial charge in [-0.2, -0.15) is 0 Å². The first-order chi connectivity index (χ1) is 13.6. The van der Waals surface area contributed by atoms with Crippen LogP contribution in [0.5, 0.6) is 17.2 Å². The fraction of sp³-hybridized carbons (Fsp3) is 0.182. The molecule has 0 radical (unpaired) electrons. The third kappa shape index (κ3) is 3.62. The molecule has 1 aliphatic heterocycles. The Morgan fingerprint density at radius 3 is 2.68 bits per heavy atom. The maximum absolute atomic E-state index is 12.8. The number of ketones is 1. The molecule has 1 aromatic heterocycles. The molecule has 1 aliphatic rings. The number of carbonyl (C=O) groups excluding carboxylic acids is 1. The minimum Gasteiger partial charge on any atom is -0.497 e. The van der Waals surface area contributed by atoms with Crippen LogP contribution in [-0.4, -0.2) is 29.1 Å². The van der Waals surface area contributed by atoms with Gasteiger partial charge in [0.25, 0.3) is 0 Å². The Balaban J connectivity index is 1.48. The van der Waals surface area contributed by atoms with Gasteiger partial charge in [0.15, 0.2) is 5.78 Å². The first-order valence-corrected chi connectivity index (χ1v) is 8.89. The van der Waals surface area contributed by atoms with Crippen molar-refractivity contribution in [3.8, 4) is 17.2 Å². The number of aromatic nitrogens is 2. The molecule has 0 amide bonds. The summed E-state index contributed by atoms with van der Waals surface area (Å²) in [5.74, 6) is 2.76. The molecule has 4 rings (SSSR count). The second-order valence-corrected chi connectivity index (χ2v) is 6.46. The number of fused-ring (bicyclic) bond motifs is 1. The van der Waals surface area contributed by atoms with Gasteiger partial charge in [-0.1, -0.05) is 12.1 Å². The molecule has 0 spiro atoms. The lowest BCUT2D eigenvalue weighted by molar-refractivity contribution is 0.100. The van der Waals surface area contributed by atoms with Crippen molar-refractivity contribution in [2.24, 2.45) is 7.05 Å². The summed E-state index contributed by atoms with van der Waals surface area (Å²) in [7, 11) is 3.50. The smallest absolute Gasteiger partial charge is 0.196 e. The topological polar surface area (TPSA) is 62.6 Å². The van der Waals surface area contributed by atoms with Crippen LogP contribution in [0.3, 0.4) is 0 Å². The molecular formula is C22H20N2O4. The van der Waals surface area contributed by atoms with E-state index >= 15 is 0 Å². The van der Waals surface area contributed by atoms with Gasteiger partial charge in [0.05, 0.1) is 12.7 Å². The van der Waals surface area contributed by atoms with Crippen molar-refractivity contribution in [3.05, 3.63) is 77.4 Å². The molecule has 28 heavy (non-hydrogen) atoms. The summed E-state index contributed by atoms with van der Waals surface area (Å²) >= 11 is 0. The van der Waals surface area contributed by atoms with E-state index in [9.17, 15) is 4.79 Å². The standard InChI is InChI=1S/C22H20N2O4/c1-24-10-9-23-21(24)14-27-17-5-3-15(4-6-17)11-16-13-28-20-8-7-18(26-2)12-19(20)22(16)25/h3-12H,13-14H2,1-2H3. The van der Waals surface area contributed by atoms with Crippen molar-refractivity contribution in [2.75, 3.05) is 13.7 Å². The predicted molar refractivity (Wildman–Crippen MR) is 105 cm³/mol. The summed E-state index contributed by atoms with van der Waals surface area (Å²) in [6.45, 7) is 0.643. The molecule has 2 heterocycles. The Morgan fingerprint density at radius 2 is 1.96 bits per heavy atom. The van der Waals surface area contributed by atoms with E-state index in [-0.39, 0.29) is 12.4 Å². The summed E-state index contributed by atoms with van der Waals surface area (Å²) in [5, 5.41) is 0. The quantitative estimate of drug-likeness (QED) is 0.636. The number of Topliss-reactive ketones (excluding diaryl/α,β-unsaturated/α-hetero) is 1. The van der Waals surface area contributed by atoms with Crippen LogP contribution in [0.25, 0.3) is 6.08 Å². The minimum absolute atomic E-state index is 0.0461. The first kappa shape index (κ1) is 17.9. The number of methoxy groups -OCH3 is 1. The van der Waals surface area contributed by atoms with Crippen molar-refractivity contribution in [1.82, 2.24) is 9.55 Å². The number of aryl methyl sites for hydroxylation is 1. The van der Waals surface area contributed by atoms with Crippen LogP contribution in [0.1, 0.15) is 21.7 Å². The third-order valence-electron chi connectivity index (χ3n) is 4.62. The third-order valence-corrected chi connectivity index (χ3v) is 4.62. The minimum atomic E-state index is -0.0461. The highest BCUT2D eigenvalue weighted by Gasteiger charge is 2.23. The number of nitrogens with zero attached hydrogens (tertiary/aromatic N) is 2. The number of hydrogen-bond donors (Lipinski definition) is 0. The highest BCUT2D eigenvalue weighted by molar-refractivity contribution is 6.14. The lowest BCUT2D eigenvalue weighted by atomic mass is 9.98. The van der Waals surface area contributed by atoms with Crippen molar-refractivity contribution in [1.29, 1.82) is 0 Å². The van der Waals surface area contributed by atoms with Gasteiger partial charge in [0, 0.05) is 25.0 Å². The van der Waals surface area contributed by atoms with Gasteiger partial charge >= 0.3 is 0 Å². The SMILES string of the molecule is COc1ccc2c(c1)C(=O)C(=Cc1ccc(OCc3nccn3C)cc1)CO2. The average Bonchev–Trinajstić information content (AvgIpc) is 3.14. The number of benzene rings is 2. The molecule has 2 aromatic carbocycles. The molecule has 0 bridgehead atoms. The van der Waals surface area contributed by atoms with E-state index in [2.05, 4.69) is 4.98 Å². The molecule has 3 aromatic rings. The zero-order chi connectivity index (χ0) is 19.5. The van der Waals surface area contributed by atoms with Gasteiger partial charge in [-0.25, -0.2) is 4.98 Å². The van der Waals surface area contributed by atoms with Gasteiger partial charge in [-0.05, 0) is 42.0 Å². The molecular weight excluding hydrogens is 356 g/mol. The number of rotatable bonds is 5. The summed E-state index contributed by atoms with van der Waals surface area (Å²) in [5.41, 5.74) is 2.02. The number of ether oxygens (including phenoxy) is 3. The highest BCUT2D eigenvalue weighted by Crippen LogP contribution is 2.31. The Kier molecular flexibility index (Phi) is 4.85. The zero-order valence-electron chi connectivity index (χ0n) is 15.7. The zero-order valence-corrected chi connectivity index (χ0v) is 15.7. The van der Waals surface area contributed by atoms with Crippen LogP contribution in [0, 0.1) is 0 Å². The Labute approximate surface area is 163 Å². The normalized spacial score (nSPS) is 14.5. The Morgan fingerprint density at radius 1 is 1.18 bits per heavy atom. The van der Waals surface area contributed by atoms with Gasteiger partial charge in [-0.15, -0.1) is 0 Å². The molecule has 6 nitrogen and oxygen atoms in total. The number of imidazole rings is 1. The largest absolute Gasteiger partial charge is 0.497 e. The summed E-state index contributed by atoms with van der Waals surface area (Å²) < 4.78 is 18.6. The van der Waals surface area contributed by atoms with Crippen molar-refractivity contribution >= 4 is 11.9 Å². The summed E-state index contributed by atoms with van der Waals surface area (Å²) in [6.07, 6.45) is 5.46. The average molecular weight is 376 g/mol. The number of hydrogen-bond acceptors (Lipinski definition) is 5. The van der Waals surface area contributed by atoms with E-state index in [1.165, 1.54) is 0 Å². The maximum atomic E-state index is 12.8.